The van der Waals surface area contributed by atoms with E-state index in [1.807, 2.05) is 29.2 Å². The Labute approximate surface area is 127 Å². The van der Waals surface area contributed by atoms with Crippen LogP contribution < -0.4 is 10.1 Å². The first kappa shape index (κ1) is 15.8. The Morgan fingerprint density at radius 2 is 2.05 bits per heavy atom. The minimum absolute atomic E-state index is 0.0843. The summed E-state index contributed by atoms with van der Waals surface area (Å²) in [5.41, 5.74) is 1.03. The molecule has 3 unspecified atom stereocenters. The summed E-state index contributed by atoms with van der Waals surface area (Å²) in [5.74, 6) is 1.04. The van der Waals surface area contributed by atoms with Gasteiger partial charge in [0.15, 0.2) is 0 Å². The molecule has 4 nitrogen and oxygen atoms in total. The highest BCUT2D eigenvalue weighted by atomic mass is 16.5. The lowest BCUT2D eigenvalue weighted by atomic mass is 10.1. The van der Waals surface area contributed by atoms with Crippen LogP contribution >= 0.6 is 0 Å². The Morgan fingerprint density at radius 3 is 2.67 bits per heavy atom. The van der Waals surface area contributed by atoms with Crippen molar-refractivity contribution in [2.24, 2.45) is 0 Å². The quantitative estimate of drug-likeness (QED) is 0.875. The Hall–Kier alpha value is -1.55. The molecule has 1 saturated heterocycles. The zero-order valence-electron chi connectivity index (χ0n) is 13.4. The minimum atomic E-state index is -0.0971. The lowest BCUT2D eigenvalue weighted by molar-refractivity contribution is -0.132. The molecule has 1 N–H and O–H groups in total. The summed E-state index contributed by atoms with van der Waals surface area (Å²) in [6.45, 7) is 6.33. The van der Waals surface area contributed by atoms with Crippen molar-refractivity contribution in [1.82, 2.24) is 10.2 Å². The van der Waals surface area contributed by atoms with E-state index in [0.29, 0.717) is 0 Å². The van der Waals surface area contributed by atoms with Gasteiger partial charge in [-0.3, -0.25) is 10.1 Å². The Kier molecular flexibility index (Phi) is 5.23. The number of ether oxygens (including phenoxy) is 1. The third kappa shape index (κ3) is 3.05. The summed E-state index contributed by atoms with van der Waals surface area (Å²) < 4.78 is 5.47. The van der Waals surface area contributed by atoms with Gasteiger partial charge in [0.1, 0.15) is 11.9 Å². The van der Waals surface area contributed by atoms with Gasteiger partial charge in [-0.2, -0.15) is 0 Å². The van der Waals surface area contributed by atoms with Crippen LogP contribution in [0, 0.1) is 0 Å². The third-order valence-corrected chi connectivity index (χ3v) is 4.27. The van der Waals surface area contributed by atoms with Crippen LogP contribution in [0.1, 0.15) is 51.8 Å². The first-order valence-corrected chi connectivity index (χ1v) is 7.85. The van der Waals surface area contributed by atoms with Crippen molar-refractivity contribution < 1.29 is 9.53 Å². The molecule has 116 valence electrons. The summed E-state index contributed by atoms with van der Waals surface area (Å²) in [4.78, 5) is 14.7. The number of amides is 1. The molecule has 0 bridgehead atoms. The van der Waals surface area contributed by atoms with Crippen molar-refractivity contribution >= 4 is 5.91 Å². The maximum absolute atomic E-state index is 12.7. The van der Waals surface area contributed by atoms with Gasteiger partial charge >= 0.3 is 0 Å². The molecule has 1 aliphatic heterocycles. The van der Waals surface area contributed by atoms with Crippen molar-refractivity contribution in [2.75, 3.05) is 7.11 Å². The van der Waals surface area contributed by atoms with Crippen LogP contribution in [0.5, 0.6) is 5.75 Å². The van der Waals surface area contributed by atoms with E-state index in [2.05, 4.69) is 26.1 Å². The van der Waals surface area contributed by atoms with Crippen molar-refractivity contribution in [2.45, 2.75) is 58.3 Å². The number of rotatable bonds is 6. The topological polar surface area (TPSA) is 41.6 Å². The Balaban J connectivity index is 2.37. The fourth-order valence-corrected chi connectivity index (χ4v) is 2.95. The molecule has 0 spiro atoms. The van der Waals surface area contributed by atoms with Crippen LogP contribution in [-0.2, 0) is 4.79 Å². The summed E-state index contributed by atoms with van der Waals surface area (Å²) >= 11 is 0. The van der Waals surface area contributed by atoms with Crippen molar-refractivity contribution in [3.05, 3.63) is 29.8 Å². The molecule has 1 aliphatic rings. The summed E-state index contributed by atoms with van der Waals surface area (Å²) in [5, 5.41) is 3.49. The number of nitrogens with zero attached hydrogens (tertiary/aromatic N) is 1. The molecule has 1 aromatic rings. The zero-order valence-corrected chi connectivity index (χ0v) is 13.4. The normalized spacial score (nSPS) is 23.4. The molecule has 21 heavy (non-hydrogen) atoms. The lowest BCUT2D eigenvalue weighted by Crippen LogP contribution is -2.38. The van der Waals surface area contributed by atoms with E-state index < -0.39 is 0 Å². The highest BCUT2D eigenvalue weighted by molar-refractivity contribution is 5.85. The maximum atomic E-state index is 12.7. The molecule has 1 fully saturated rings. The minimum Gasteiger partial charge on any atom is -0.496 e. The Bertz CT molecular complexity index is 489. The first-order valence-electron chi connectivity index (χ1n) is 7.85. The number of carbonyl (C=O) groups excluding carboxylic acids is 1. The zero-order chi connectivity index (χ0) is 15.4. The van der Waals surface area contributed by atoms with Crippen LogP contribution in [0.2, 0.25) is 0 Å². The summed E-state index contributed by atoms with van der Waals surface area (Å²) in [6, 6.07) is 8.06. The van der Waals surface area contributed by atoms with Crippen LogP contribution in [0.4, 0.5) is 0 Å². The van der Waals surface area contributed by atoms with E-state index in [4.69, 9.17) is 4.74 Å². The smallest absolute Gasteiger partial charge is 0.241 e. The molecule has 2 rings (SSSR count). The molecular weight excluding hydrogens is 264 g/mol. The van der Waals surface area contributed by atoms with Gasteiger partial charge < -0.3 is 9.64 Å². The van der Waals surface area contributed by atoms with Crippen molar-refractivity contribution in [3.63, 3.8) is 0 Å². The number of para-hydroxylation sites is 1. The van der Waals surface area contributed by atoms with E-state index in [1.165, 1.54) is 0 Å². The molecule has 0 aliphatic carbocycles. The first-order chi connectivity index (χ1) is 10.1. The van der Waals surface area contributed by atoms with Gasteiger partial charge in [-0.05, 0) is 25.8 Å². The molecular formula is C17H26N2O2. The highest BCUT2D eigenvalue weighted by Gasteiger charge is 2.41. The van der Waals surface area contributed by atoms with E-state index in [1.54, 1.807) is 7.11 Å². The Morgan fingerprint density at radius 1 is 1.33 bits per heavy atom. The van der Waals surface area contributed by atoms with Gasteiger partial charge in [-0.15, -0.1) is 0 Å². The fourth-order valence-electron chi connectivity index (χ4n) is 2.95. The van der Waals surface area contributed by atoms with E-state index >= 15 is 0 Å². The third-order valence-electron chi connectivity index (χ3n) is 4.27. The number of hydrogen-bond donors (Lipinski definition) is 1. The van der Waals surface area contributed by atoms with E-state index in [-0.39, 0.29) is 24.2 Å². The molecule has 1 heterocycles. The maximum Gasteiger partial charge on any atom is 0.241 e. The van der Waals surface area contributed by atoms with Crippen LogP contribution in [0.25, 0.3) is 0 Å². The predicted octanol–water partition coefficient (Wildman–Crippen LogP) is 3.09. The number of carbonyl (C=O) groups is 1. The average molecular weight is 290 g/mol. The van der Waals surface area contributed by atoms with Gasteiger partial charge in [0.2, 0.25) is 5.91 Å². The van der Waals surface area contributed by atoms with Gasteiger partial charge in [0.05, 0.1) is 13.2 Å². The highest BCUT2D eigenvalue weighted by Crippen LogP contribution is 2.34. The standard InChI is InChI=1S/C17H26N2O2/c1-5-9-14-17(20)19(12(3)6-2)16(18-14)13-10-7-8-11-15(13)21-4/h7-8,10-12,14,16,18H,5-6,9H2,1-4H3. The van der Waals surface area contributed by atoms with Crippen LogP contribution in [0.15, 0.2) is 24.3 Å². The molecule has 0 aromatic heterocycles. The van der Waals surface area contributed by atoms with Crippen molar-refractivity contribution in [1.29, 1.82) is 0 Å². The monoisotopic (exact) mass is 290 g/mol. The molecule has 0 saturated carbocycles. The van der Waals surface area contributed by atoms with Gasteiger partial charge in [0, 0.05) is 11.6 Å². The van der Waals surface area contributed by atoms with Crippen molar-refractivity contribution in [3.8, 4) is 5.75 Å². The lowest BCUT2D eigenvalue weighted by Gasteiger charge is -2.30. The molecule has 1 amide bonds. The molecule has 3 atom stereocenters. The second-order valence-electron chi connectivity index (χ2n) is 5.66. The number of nitrogens with one attached hydrogen (secondary N) is 1. The van der Waals surface area contributed by atoms with Crippen LogP contribution in [-0.4, -0.2) is 30.0 Å². The largest absolute Gasteiger partial charge is 0.496 e. The molecule has 1 aromatic carbocycles. The average Bonchev–Trinajstić information content (AvgIpc) is 2.83. The SMILES string of the molecule is CCCC1NC(c2ccccc2OC)N(C(C)CC)C1=O. The van der Waals surface area contributed by atoms with Gasteiger partial charge in [-0.1, -0.05) is 38.5 Å². The van der Waals surface area contributed by atoms with E-state index in [0.717, 1.165) is 30.6 Å². The summed E-state index contributed by atoms with van der Waals surface area (Å²) in [7, 11) is 1.67. The number of methoxy groups -OCH3 is 1. The number of hydrogen-bond acceptors (Lipinski definition) is 3. The molecule has 0 radical (unpaired) electrons. The van der Waals surface area contributed by atoms with E-state index in [9.17, 15) is 4.79 Å². The second kappa shape index (κ2) is 6.94. The number of benzene rings is 1. The molecule has 4 heteroatoms. The predicted molar refractivity (Wildman–Crippen MR) is 84.2 cm³/mol. The van der Waals surface area contributed by atoms with Crippen LogP contribution in [0.3, 0.4) is 0 Å². The fraction of sp³-hybridized carbons (Fsp3) is 0.588. The summed E-state index contributed by atoms with van der Waals surface area (Å²) in [6.07, 6.45) is 2.71. The van der Waals surface area contributed by atoms with Gasteiger partial charge in [-0.25, -0.2) is 0 Å². The van der Waals surface area contributed by atoms with Gasteiger partial charge in [0.25, 0.3) is 0 Å². The second-order valence-corrected chi connectivity index (χ2v) is 5.66.